The number of nitrogens with zero attached hydrogens (tertiary/aromatic N) is 1. The fourth-order valence-corrected chi connectivity index (χ4v) is 17.4. The molecule has 0 spiro atoms. The molecule has 0 bridgehead atoms. The molecule has 0 atom stereocenters. The molecule has 6 nitrogen and oxygen atoms in total. The van der Waals surface area contributed by atoms with E-state index in [4.69, 9.17) is 12.3 Å². The van der Waals surface area contributed by atoms with Crippen LogP contribution >= 0.6 is 0 Å². The summed E-state index contributed by atoms with van der Waals surface area (Å²) in [5.74, 6) is 0.866. The van der Waals surface area contributed by atoms with Gasteiger partial charge in [0.1, 0.15) is 0 Å². The highest BCUT2D eigenvalue weighted by Crippen LogP contribution is 2.29. The number of hydrogen-bond acceptors (Lipinski definition) is 4. The van der Waals surface area contributed by atoms with Crippen molar-refractivity contribution >= 4 is 39.7 Å². The van der Waals surface area contributed by atoms with Crippen LogP contribution < -0.4 is 10.6 Å². The topological polar surface area (TPSA) is 64.1 Å². The summed E-state index contributed by atoms with van der Waals surface area (Å²) >= 11 is 0. The molecular weight excluding hydrogens is 431 g/mol. The maximum absolute atomic E-state index is 6.74. The summed E-state index contributed by atoms with van der Waals surface area (Å²) in [4.78, 5) is 4.66. The molecule has 0 aliphatic carbocycles. The predicted molar refractivity (Wildman–Crippen MR) is 137 cm³/mol. The van der Waals surface area contributed by atoms with E-state index in [0.717, 1.165) is 25.0 Å². The number of guanidine groups is 1. The molecule has 0 heterocycles. The van der Waals surface area contributed by atoms with Gasteiger partial charge in [-0.25, -0.2) is 0 Å². The fourth-order valence-electron chi connectivity index (χ4n) is 2.79. The summed E-state index contributed by atoms with van der Waals surface area (Å²) in [7, 11) is -8.21. The molecule has 29 heavy (non-hydrogen) atoms. The van der Waals surface area contributed by atoms with Crippen LogP contribution in [-0.4, -0.2) is 58.3 Å². The van der Waals surface area contributed by atoms with E-state index in [1.807, 2.05) is 0 Å². The van der Waals surface area contributed by atoms with Crippen molar-refractivity contribution in [2.24, 2.45) is 4.99 Å². The van der Waals surface area contributed by atoms with Crippen molar-refractivity contribution < 1.29 is 12.3 Å². The molecule has 0 saturated carbocycles. The van der Waals surface area contributed by atoms with E-state index in [9.17, 15) is 0 Å². The van der Waals surface area contributed by atoms with Gasteiger partial charge in [-0.05, 0) is 93.0 Å². The van der Waals surface area contributed by atoms with E-state index in [0.29, 0.717) is 6.04 Å². The van der Waals surface area contributed by atoms with Gasteiger partial charge in [-0.1, -0.05) is 0 Å². The van der Waals surface area contributed by atoms with E-state index < -0.39 is 33.8 Å². The Hall–Kier alpha value is 0.0175. The first-order valence-corrected chi connectivity index (χ1v) is 23.2. The molecule has 0 aromatic carbocycles. The van der Waals surface area contributed by atoms with Gasteiger partial charge in [0, 0.05) is 24.7 Å². The zero-order chi connectivity index (χ0) is 23.1. The van der Waals surface area contributed by atoms with Gasteiger partial charge in [0.05, 0.1) is 0 Å². The van der Waals surface area contributed by atoms with Crippen LogP contribution in [0.3, 0.4) is 0 Å². The summed E-state index contributed by atoms with van der Waals surface area (Å²) in [5.41, 5.74) is 0. The molecular formula is C19H49N3O3Si4. The van der Waals surface area contributed by atoms with Crippen LogP contribution in [0.15, 0.2) is 4.99 Å². The van der Waals surface area contributed by atoms with Gasteiger partial charge >= 0.3 is 8.80 Å². The molecule has 0 aromatic heterocycles. The van der Waals surface area contributed by atoms with Crippen molar-refractivity contribution in [2.45, 2.75) is 111 Å². The third-order valence-corrected chi connectivity index (χ3v) is 15.2. The lowest BCUT2D eigenvalue weighted by Crippen LogP contribution is -2.60. The van der Waals surface area contributed by atoms with E-state index >= 15 is 0 Å². The second-order valence-corrected chi connectivity index (χ2v) is 28.2. The Morgan fingerprint density at radius 3 is 1.48 bits per heavy atom. The highest BCUT2D eigenvalue weighted by molar-refractivity contribution is 6.90. The zero-order valence-corrected chi connectivity index (χ0v) is 25.4. The maximum Gasteiger partial charge on any atom is 0.469 e. The highest BCUT2D eigenvalue weighted by Gasteiger charge is 2.49. The van der Waals surface area contributed by atoms with Crippen LogP contribution in [0.25, 0.3) is 0 Å². The number of rotatable bonds is 12. The van der Waals surface area contributed by atoms with Gasteiger partial charge in [-0.15, -0.1) is 0 Å². The van der Waals surface area contributed by atoms with Gasteiger partial charge in [-0.2, -0.15) is 0 Å². The van der Waals surface area contributed by atoms with Crippen LogP contribution in [0, 0.1) is 0 Å². The van der Waals surface area contributed by atoms with Crippen LogP contribution in [0.2, 0.25) is 65.0 Å². The van der Waals surface area contributed by atoms with Gasteiger partial charge < -0.3 is 23.0 Å². The molecule has 0 rings (SSSR count). The minimum atomic E-state index is -2.75. The van der Waals surface area contributed by atoms with Crippen molar-refractivity contribution in [3.8, 4) is 0 Å². The SMILES string of the molecule is CC(C)/N=C(\NCCC[Si](O[Si](C)(C)C)(O[Si](C)(C)C)O[Si](C)(C)C)NC(C)C. The average Bonchev–Trinajstić information content (AvgIpc) is 2.35. The summed E-state index contributed by atoms with van der Waals surface area (Å²) < 4.78 is 20.2. The summed E-state index contributed by atoms with van der Waals surface area (Å²) in [6, 6.07) is 1.43. The Morgan fingerprint density at radius 1 is 0.759 bits per heavy atom. The molecule has 10 heteroatoms. The van der Waals surface area contributed by atoms with Crippen LogP contribution in [-0.2, 0) is 12.3 Å². The fraction of sp³-hybridized carbons (Fsp3) is 0.947. The Labute approximate surface area is 185 Å². The van der Waals surface area contributed by atoms with Crippen LogP contribution in [0.5, 0.6) is 0 Å². The van der Waals surface area contributed by atoms with Crippen molar-refractivity contribution in [3.05, 3.63) is 0 Å². The molecule has 174 valence electrons. The first kappa shape index (κ1) is 29.0. The van der Waals surface area contributed by atoms with Crippen molar-refractivity contribution in [3.63, 3.8) is 0 Å². The highest BCUT2D eigenvalue weighted by atomic mass is 28.5. The number of aliphatic imine (C=N–C) groups is 1. The first-order valence-electron chi connectivity index (χ1n) is 11.0. The summed E-state index contributed by atoms with van der Waals surface area (Å²) in [6.45, 7) is 29.3. The third kappa shape index (κ3) is 16.4. The smallest absolute Gasteiger partial charge is 0.417 e. The van der Waals surface area contributed by atoms with Crippen LogP contribution in [0.1, 0.15) is 34.1 Å². The van der Waals surface area contributed by atoms with Crippen molar-refractivity contribution in [1.29, 1.82) is 0 Å². The quantitative estimate of drug-likeness (QED) is 0.174. The molecule has 0 radical (unpaired) electrons. The molecule has 0 saturated heterocycles. The molecule has 0 aliphatic heterocycles. The maximum atomic E-state index is 6.74. The normalized spacial score (nSPS) is 14.7. The Morgan fingerprint density at radius 2 is 1.17 bits per heavy atom. The average molecular weight is 480 g/mol. The van der Waals surface area contributed by atoms with E-state index in [2.05, 4.69) is 102 Å². The lowest BCUT2D eigenvalue weighted by Gasteiger charge is -2.43. The van der Waals surface area contributed by atoms with Gasteiger partial charge in [0.15, 0.2) is 30.9 Å². The third-order valence-electron chi connectivity index (χ3n) is 3.15. The molecule has 2 N–H and O–H groups in total. The van der Waals surface area contributed by atoms with E-state index in [1.165, 1.54) is 0 Å². The van der Waals surface area contributed by atoms with Crippen LogP contribution in [0.4, 0.5) is 0 Å². The van der Waals surface area contributed by atoms with E-state index in [1.54, 1.807) is 0 Å². The number of hydrogen-bond donors (Lipinski definition) is 2. The molecule has 0 fully saturated rings. The molecule has 0 aliphatic rings. The Balaban J connectivity index is 5.37. The Bertz CT molecular complexity index is 470. The largest absolute Gasteiger partial charge is 0.469 e. The molecule has 0 unspecified atom stereocenters. The minimum absolute atomic E-state index is 0.248. The molecule has 0 aromatic rings. The van der Waals surface area contributed by atoms with Gasteiger partial charge in [0.25, 0.3) is 0 Å². The zero-order valence-electron chi connectivity index (χ0n) is 21.4. The standard InChI is InChI=1S/C19H49N3O3Si4/c1-17(2)21-19(22-18(3)4)20-15-14-16-29(23-26(5,6)7,24-27(8,9)10)25-28(11,12)13/h17-18H,14-16H2,1-13H3,(H2,20,21,22). The first-order chi connectivity index (χ1) is 12.8. The number of nitrogens with one attached hydrogen (secondary N) is 2. The minimum Gasteiger partial charge on any atom is -0.417 e. The van der Waals surface area contributed by atoms with E-state index in [-0.39, 0.29) is 6.04 Å². The summed E-state index contributed by atoms with van der Waals surface area (Å²) in [6.07, 6.45) is 0.933. The second-order valence-electron chi connectivity index (χ2n) is 11.2. The monoisotopic (exact) mass is 479 g/mol. The lowest BCUT2D eigenvalue weighted by molar-refractivity contribution is 0.250. The summed E-state index contributed by atoms with van der Waals surface area (Å²) in [5, 5.41) is 6.87. The Kier molecular flexibility index (Phi) is 11.6. The second kappa shape index (κ2) is 11.6. The van der Waals surface area contributed by atoms with Crippen molar-refractivity contribution in [2.75, 3.05) is 6.54 Å². The molecule has 0 amide bonds. The lowest BCUT2D eigenvalue weighted by atomic mass is 10.4. The predicted octanol–water partition coefficient (Wildman–Crippen LogP) is 5.22. The van der Waals surface area contributed by atoms with Gasteiger partial charge in [-0.3, -0.25) is 4.99 Å². The van der Waals surface area contributed by atoms with Crippen molar-refractivity contribution in [1.82, 2.24) is 10.6 Å². The van der Waals surface area contributed by atoms with Gasteiger partial charge in [0.2, 0.25) is 0 Å².